The molecule has 2 aromatic heterocycles. The molecule has 12 heteroatoms. The molecule has 0 spiro atoms. The molecule has 0 atom stereocenters. The Labute approximate surface area is 224 Å². The number of pyridine rings is 1. The molecular weight excluding hydrogens is 503 g/mol. The maximum Gasteiger partial charge on any atom is 0.327 e. The van der Waals surface area contributed by atoms with E-state index in [0.29, 0.717) is 61.3 Å². The van der Waals surface area contributed by atoms with Crippen LogP contribution >= 0.6 is 0 Å². The van der Waals surface area contributed by atoms with E-state index in [2.05, 4.69) is 30.5 Å². The molecule has 3 aromatic rings. The molecule has 39 heavy (non-hydrogen) atoms. The molecular formula is C27H31FN8O3. The lowest BCUT2D eigenvalue weighted by atomic mass is 10.0. The third-order valence-electron chi connectivity index (χ3n) is 7.69. The van der Waals surface area contributed by atoms with Gasteiger partial charge in [0, 0.05) is 57.9 Å². The summed E-state index contributed by atoms with van der Waals surface area (Å²) in [6.07, 6.45) is 2.05. The van der Waals surface area contributed by atoms with E-state index in [0.717, 1.165) is 24.2 Å². The summed E-state index contributed by atoms with van der Waals surface area (Å²) in [6.45, 7) is 7.09. The van der Waals surface area contributed by atoms with Crippen molar-refractivity contribution in [1.29, 1.82) is 0 Å². The zero-order chi connectivity index (χ0) is 27.4. The fourth-order valence-corrected chi connectivity index (χ4v) is 5.40. The molecule has 1 saturated carbocycles. The number of carbonyl (C=O) groups is 2. The SMILES string of the molecule is CCN1C(=O)Nc2c(F)c(CN3CCN(c4ccc(C(=O)NC5CC5)nc4C)CC3)cc3c(=O)n(C)nc1c23. The van der Waals surface area contributed by atoms with Gasteiger partial charge in [0.05, 0.1) is 27.8 Å². The second kappa shape index (κ2) is 9.60. The van der Waals surface area contributed by atoms with E-state index in [1.165, 1.54) is 16.6 Å². The van der Waals surface area contributed by atoms with E-state index in [4.69, 9.17) is 0 Å². The highest BCUT2D eigenvalue weighted by atomic mass is 19.1. The Morgan fingerprint density at radius 1 is 1.18 bits per heavy atom. The van der Waals surface area contributed by atoms with Crippen molar-refractivity contribution in [2.45, 2.75) is 39.3 Å². The number of aromatic nitrogens is 3. The van der Waals surface area contributed by atoms with Gasteiger partial charge in [-0.05, 0) is 44.9 Å². The standard InChI is InChI=1S/C27H31FN8O3/c1-4-36-24-21-18(26(38)33(3)32-24)13-16(22(28)23(21)31-27(36)39)14-34-9-11-35(12-10-34)20-8-7-19(29-15(20)2)25(37)30-17-5-6-17/h7-8,13,17H,4-6,9-12,14H2,1-3H3,(H,30,37)(H,31,39). The lowest BCUT2D eigenvalue weighted by Crippen LogP contribution is -2.46. The molecule has 0 unspecified atom stereocenters. The number of halogens is 1. The van der Waals surface area contributed by atoms with Crippen LogP contribution in [0, 0.1) is 12.7 Å². The zero-order valence-corrected chi connectivity index (χ0v) is 22.3. The molecule has 0 bridgehead atoms. The number of nitrogens with one attached hydrogen (secondary N) is 2. The van der Waals surface area contributed by atoms with E-state index in [9.17, 15) is 14.4 Å². The third kappa shape index (κ3) is 4.48. The van der Waals surface area contributed by atoms with Crippen LogP contribution in [0.1, 0.15) is 41.5 Å². The van der Waals surface area contributed by atoms with Gasteiger partial charge in [-0.15, -0.1) is 0 Å². The lowest BCUT2D eigenvalue weighted by molar-refractivity contribution is 0.0946. The van der Waals surface area contributed by atoms with Crippen LogP contribution in [-0.4, -0.2) is 70.4 Å². The first-order valence-electron chi connectivity index (χ1n) is 13.3. The molecule has 3 amide bonds. The number of rotatable bonds is 6. The summed E-state index contributed by atoms with van der Waals surface area (Å²) in [6, 6.07) is 5.11. The highest BCUT2D eigenvalue weighted by Crippen LogP contribution is 2.37. The number of aryl methyl sites for hydroxylation is 2. The Morgan fingerprint density at radius 2 is 1.92 bits per heavy atom. The number of nitrogens with zero attached hydrogens (tertiary/aromatic N) is 6. The van der Waals surface area contributed by atoms with Gasteiger partial charge in [0.2, 0.25) is 0 Å². The summed E-state index contributed by atoms with van der Waals surface area (Å²) in [5, 5.41) is 10.5. The monoisotopic (exact) mass is 534 g/mol. The lowest BCUT2D eigenvalue weighted by Gasteiger charge is -2.37. The smallest absolute Gasteiger partial charge is 0.327 e. The number of amides is 3. The fraction of sp³-hybridized carbons (Fsp3) is 0.444. The van der Waals surface area contributed by atoms with Crippen LogP contribution < -0.4 is 26.0 Å². The van der Waals surface area contributed by atoms with Crippen molar-refractivity contribution in [2.75, 3.05) is 47.8 Å². The van der Waals surface area contributed by atoms with Gasteiger partial charge in [0.15, 0.2) is 11.6 Å². The van der Waals surface area contributed by atoms with Crippen LogP contribution in [0.15, 0.2) is 23.0 Å². The van der Waals surface area contributed by atoms with Crippen LogP contribution in [-0.2, 0) is 13.6 Å². The molecule has 3 aliphatic rings. The first kappa shape index (κ1) is 25.2. The van der Waals surface area contributed by atoms with Gasteiger partial charge in [0.25, 0.3) is 11.5 Å². The van der Waals surface area contributed by atoms with Crippen LogP contribution in [0.5, 0.6) is 0 Å². The summed E-state index contributed by atoms with van der Waals surface area (Å²) in [4.78, 5) is 48.2. The summed E-state index contributed by atoms with van der Waals surface area (Å²) in [7, 11) is 1.53. The summed E-state index contributed by atoms with van der Waals surface area (Å²) < 4.78 is 16.9. The molecule has 2 fully saturated rings. The van der Waals surface area contributed by atoms with Crippen molar-refractivity contribution >= 4 is 39.9 Å². The number of hydrogen-bond acceptors (Lipinski definition) is 7. The first-order chi connectivity index (χ1) is 18.7. The van der Waals surface area contributed by atoms with E-state index in [-0.39, 0.29) is 29.0 Å². The number of piperazine rings is 1. The molecule has 204 valence electrons. The Balaban J connectivity index is 1.20. The van der Waals surface area contributed by atoms with Crippen molar-refractivity contribution in [3.05, 3.63) is 51.3 Å². The molecule has 0 radical (unpaired) electrons. The Hall–Kier alpha value is -4.06. The van der Waals surface area contributed by atoms with Crippen molar-refractivity contribution < 1.29 is 14.0 Å². The van der Waals surface area contributed by atoms with Gasteiger partial charge in [0.1, 0.15) is 5.69 Å². The second-order valence-electron chi connectivity index (χ2n) is 10.4. The number of anilines is 3. The van der Waals surface area contributed by atoms with Gasteiger partial charge in [-0.1, -0.05) is 0 Å². The average molecular weight is 535 g/mol. The molecule has 2 N–H and O–H groups in total. The van der Waals surface area contributed by atoms with E-state index in [1.54, 1.807) is 19.1 Å². The van der Waals surface area contributed by atoms with E-state index in [1.807, 2.05) is 13.0 Å². The van der Waals surface area contributed by atoms with Gasteiger partial charge < -0.3 is 15.5 Å². The Bertz CT molecular complexity index is 1560. The molecule has 6 rings (SSSR count). The van der Waals surface area contributed by atoms with Gasteiger partial charge in [-0.25, -0.2) is 18.9 Å². The molecule has 1 saturated heterocycles. The molecule has 11 nitrogen and oxygen atoms in total. The predicted octanol–water partition coefficient (Wildman–Crippen LogP) is 2.36. The quantitative estimate of drug-likeness (QED) is 0.499. The Morgan fingerprint density at radius 3 is 2.59 bits per heavy atom. The molecule has 4 heterocycles. The number of carbonyl (C=O) groups excluding carboxylic acids is 2. The summed E-state index contributed by atoms with van der Waals surface area (Å²) >= 11 is 0. The minimum absolute atomic E-state index is 0.0172. The molecule has 1 aromatic carbocycles. The maximum absolute atomic E-state index is 15.7. The minimum atomic E-state index is -0.537. The zero-order valence-electron chi connectivity index (χ0n) is 22.3. The van der Waals surface area contributed by atoms with Gasteiger partial charge in [-0.2, -0.15) is 5.10 Å². The van der Waals surface area contributed by atoms with Crippen molar-refractivity contribution in [1.82, 2.24) is 25.0 Å². The predicted molar refractivity (Wildman–Crippen MR) is 146 cm³/mol. The number of urea groups is 1. The highest BCUT2D eigenvalue weighted by Gasteiger charge is 2.32. The van der Waals surface area contributed by atoms with E-state index >= 15 is 4.39 Å². The average Bonchev–Trinajstić information content (AvgIpc) is 3.74. The third-order valence-corrected chi connectivity index (χ3v) is 7.69. The van der Waals surface area contributed by atoms with Crippen molar-refractivity contribution in [3.8, 4) is 0 Å². The van der Waals surface area contributed by atoms with Crippen LogP contribution in [0.4, 0.5) is 26.4 Å². The topological polar surface area (TPSA) is 116 Å². The minimum Gasteiger partial charge on any atom is -0.368 e. The van der Waals surface area contributed by atoms with E-state index < -0.39 is 11.8 Å². The van der Waals surface area contributed by atoms with Crippen LogP contribution in [0.2, 0.25) is 0 Å². The van der Waals surface area contributed by atoms with Crippen LogP contribution in [0.25, 0.3) is 10.8 Å². The molecule has 1 aliphatic carbocycles. The van der Waals surface area contributed by atoms with Crippen molar-refractivity contribution in [2.24, 2.45) is 7.05 Å². The second-order valence-corrected chi connectivity index (χ2v) is 10.4. The fourth-order valence-electron chi connectivity index (χ4n) is 5.40. The number of hydrogen-bond donors (Lipinski definition) is 2. The van der Waals surface area contributed by atoms with Gasteiger partial charge in [-0.3, -0.25) is 19.4 Å². The van der Waals surface area contributed by atoms with Gasteiger partial charge >= 0.3 is 6.03 Å². The maximum atomic E-state index is 15.7. The van der Waals surface area contributed by atoms with Crippen LogP contribution in [0.3, 0.4) is 0 Å². The highest BCUT2D eigenvalue weighted by molar-refractivity contribution is 6.17. The normalized spacial score (nSPS) is 17.5. The summed E-state index contributed by atoms with van der Waals surface area (Å²) in [5.41, 5.74) is 2.23. The molecule has 2 aliphatic heterocycles. The summed E-state index contributed by atoms with van der Waals surface area (Å²) in [5.74, 6) is -0.386. The first-order valence-corrected chi connectivity index (χ1v) is 13.3. The largest absolute Gasteiger partial charge is 0.368 e. The van der Waals surface area contributed by atoms with Crippen molar-refractivity contribution in [3.63, 3.8) is 0 Å². The number of benzene rings is 1. The Kier molecular flexibility index (Phi) is 6.21.